The number of hydrogen-bond acceptors (Lipinski definition) is 8. The van der Waals surface area contributed by atoms with E-state index in [1.165, 1.54) is 26.4 Å². The van der Waals surface area contributed by atoms with Crippen molar-refractivity contribution < 1.29 is 33.1 Å². The third kappa shape index (κ3) is 3.99. The first-order valence-electron chi connectivity index (χ1n) is 8.03. The molecule has 1 aromatic carbocycles. The number of amides is 2. The predicted molar refractivity (Wildman–Crippen MR) is 99.3 cm³/mol. The fourth-order valence-electron chi connectivity index (χ4n) is 2.45. The number of ether oxygens (including phenoxy) is 2. The maximum Gasteiger partial charge on any atom is 0.373 e. The quantitative estimate of drug-likeness (QED) is 0.556. The summed E-state index contributed by atoms with van der Waals surface area (Å²) in [4.78, 5) is 48.9. The number of furan rings is 1. The van der Waals surface area contributed by atoms with Crippen LogP contribution in [0.1, 0.15) is 32.2 Å². The molecule has 1 saturated heterocycles. The fraction of sp³-hybridized carbons (Fsp3) is 0.158. The summed E-state index contributed by atoms with van der Waals surface area (Å²) in [5.74, 6) is -1.30. The number of methoxy groups -OCH3 is 2. The highest BCUT2D eigenvalue weighted by Crippen LogP contribution is 2.33. The molecule has 0 aliphatic carbocycles. The largest absolute Gasteiger partial charge is 0.465 e. The Morgan fingerprint density at radius 3 is 2.36 bits per heavy atom. The summed E-state index contributed by atoms with van der Waals surface area (Å²) in [6.45, 7) is -0.0969. The van der Waals surface area contributed by atoms with Gasteiger partial charge in [0.25, 0.3) is 11.1 Å². The van der Waals surface area contributed by atoms with E-state index in [1.807, 2.05) is 0 Å². The first-order valence-corrected chi connectivity index (χ1v) is 8.85. The van der Waals surface area contributed by atoms with Crippen molar-refractivity contribution in [2.75, 3.05) is 14.2 Å². The molecule has 0 saturated carbocycles. The highest BCUT2D eigenvalue weighted by atomic mass is 32.2. The Balaban J connectivity index is 1.74. The van der Waals surface area contributed by atoms with Crippen LogP contribution in [0.5, 0.6) is 0 Å². The lowest BCUT2D eigenvalue weighted by molar-refractivity contribution is -0.123. The number of nitrogens with zero attached hydrogens (tertiary/aromatic N) is 1. The van der Waals surface area contributed by atoms with Gasteiger partial charge in [-0.15, -0.1) is 0 Å². The molecule has 0 radical (unpaired) electrons. The van der Waals surface area contributed by atoms with Crippen LogP contribution < -0.4 is 0 Å². The Morgan fingerprint density at radius 2 is 1.71 bits per heavy atom. The second-order valence-corrected chi connectivity index (χ2v) is 6.63. The minimum atomic E-state index is -0.643. The van der Waals surface area contributed by atoms with Crippen molar-refractivity contribution in [3.63, 3.8) is 0 Å². The lowest BCUT2D eigenvalue weighted by Crippen LogP contribution is -2.27. The van der Waals surface area contributed by atoms with Gasteiger partial charge in [-0.1, -0.05) is 12.1 Å². The average molecular weight is 401 g/mol. The van der Waals surface area contributed by atoms with E-state index >= 15 is 0 Å². The summed E-state index contributed by atoms with van der Waals surface area (Å²) >= 11 is 0.802. The van der Waals surface area contributed by atoms with Crippen molar-refractivity contribution in [1.82, 2.24) is 4.90 Å². The van der Waals surface area contributed by atoms with Gasteiger partial charge in [0.2, 0.25) is 5.76 Å². The summed E-state index contributed by atoms with van der Waals surface area (Å²) in [6, 6.07) is 9.35. The monoisotopic (exact) mass is 401 g/mol. The van der Waals surface area contributed by atoms with E-state index in [4.69, 9.17) is 4.42 Å². The van der Waals surface area contributed by atoms with Crippen molar-refractivity contribution in [1.29, 1.82) is 0 Å². The van der Waals surface area contributed by atoms with Crippen LogP contribution in [-0.2, 0) is 20.8 Å². The lowest BCUT2D eigenvalue weighted by atomic mass is 10.1. The van der Waals surface area contributed by atoms with E-state index in [0.717, 1.165) is 16.7 Å². The molecule has 144 valence electrons. The van der Waals surface area contributed by atoms with Gasteiger partial charge in [0, 0.05) is 0 Å². The molecule has 0 bridgehead atoms. The zero-order valence-corrected chi connectivity index (χ0v) is 15.8. The molecule has 0 spiro atoms. The van der Waals surface area contributed by atoms with Crippen LogP contribution in [0.2, 0.25) is 0 Å². The number of esters is 2. The van der Waals surface area contributed by atoms with Crippen LogP contribution in [0, 0.1) is 0 Å². The summed E-state index contributed by atoms with van der Waals surface area (Å²) in [5.41, 5.74) is 1.04. The molecule has 9 heteroatoms. The summed E-state index contributed by atoms with van der Waals surface area (Å²) in [5, 5.41) is -0.446. The van der Waals surface area contributed by atoms with Crippen molar-refractivity contribution in [2.24, 2.45) is 0 Å². The highest BCUT2D eigenvalue weighted by Gasteiger charge is 2.35. The molecular formula is C19H15NO7S. The number of benzene rings is 1. The van der Waals surface area contributed by atoms with Crippen LogP contribution in [0.15, 0.2) is 45.7 Å². The van der Waals surface area contributed by atoms with Gasteiger partial charge in [-0.3, -0.25) is 14.5 Å². The van der Waals surface area contributed by atoms with Crippen molar-refractivity contribution in [2.45, 2.75) is 6.54 Å². The van der Waals surface area contributed by atoms with Gasteiger partial charge in [-0.2, -0.15) is 0 Å². The Bertz CT molecular complexity index is 974. The molecule has 2 aromatic rings. The molecule has 1 aromatic heterocycles. The van der Waals surface area contributed by atoms with Gasteiger partial charge in [-0.05, 0) is 47.7 Å². The Morgan fingerprint density at radius 1 is 1.04 bits per heavy atom. The SMILES string of the molecule is COC(=O)c1ccc(C=C2SC(=O)N(Cc3ccc(C(=O)OC)o3)C2=O)cc1. The fourth-order valence-corrected chi connectivity index (χ4v) is 3.29. The molecule has 2 heterocycles. The van der Waals surface area contributed by atoms with E-state index < -0.39 is 23.1 Å². The molecule has 1 aliphatic heterocycles. The van der Waals surface area contributed by atoms with Gasteiger partial charge in [-0.25, -0.2) is 9.59 Å². The number of carbonyl (C=O) groups excluding carboxylic acids is 4. The van der Waals surface area contributed by atoms with Crippen LogP contribution in [-0.4, -0.2) is 42.2 Å². The molecule has 0 N–H and O–H groups in total. The van der Waals surface area contributed by atoms with Gasteiger partial charge in [0.05, 0.1) is 31.2 Å². The van der Waals surface area contributed by atoms with Crippen molar-refractivity contribution in [3.05, 3.63) is 64.0 Å². The smallest absolute Gasteiger partial charge is 0.373 e. The number of imide groups is 1. The minimum absolute atomic E-state index is 0.00860. The predicted octanol–water partition coefficient (Wildman–Crippen LogP) is 3.09. The third-order valence-electron chi connectivity index (χ3n) is 3.87. The van der Waals surface area contributed by atoms with E-state index in [-0.39, 0.29) is 23.0 Å². The average Bonchev–Trinajstić information content (AvgIpc) is 3.28. The van der Waals surface area contributed by atoms with E-state index in [2.05, 4.69) is 9.47 Å². The van der Waals surface area contributed by atoms with Crippen molar-refractivity contribution >= 4 is 40.9 Å². The maximum absolute atomic E-state index is 12.6. The molecule has 3 rings (SSSR count). The number of thioether (sulfide) groups is 1. The Hall–Kier alpha value is -3.33. The van der Waals surface area contributed by atoms with E-state index in [1.54, 1.807) is 30.3 Å². The zero-order chi connectivity index (χ0) is 20.3. The highest BCUT2D eigenvalue weighted by molar-refractivity contribution is 8.18. The van der Waals surface area contributed by atoms with Gasteiger partial charge >= 0.3 is 11.9 Å². The molecular weight excluding hydrogens is 386 g/mol. The van der Waals surface area contributed by atoms with Gasteiger partial charge in [0.15, 0.2) is 0 Å². The molecule has 0 atom stereocenters. The van der Waals surface area contributed by atoms with Crippen LogP contribution in [0.4, 0.5) is 4.79 Å². The van der Waals surface area contributed by atoms with Gasteiger partial charge in [0.1, 0.15) is 5.76 Å². The van der Waals surface area contributed by atoms with Crippen LogP contribution >= 0.6 is 11.8 Å². The van der Waals surface area contributed by atoms with E-state index in [9.17, 15) is 19.2 Å². The second-order valence-electron chi connectivity index (χ2n) is 5.64. The number of hydrogen-bond donors (Lipinski definition) is 0. The molecule has 1 aliphatic rings. The standard InChI is InChI=1S/C19H15NO7S/c1-25-17(22)12-5-3-11(4-6-12)9-15-16(21)20(19(24)28-15)10-13-7-8-14(27-13)18(23)26-2/h3-9H,10H2,1-2H3. The summed E-state index contributed by atoms with van der Waals surface area (Å²) < 4.78 is 14.5. The van der Waals surface area contributed by atoms with E-state index in [0.29, 0.717) is 11.1 Å². The van der Waals surface area contributed by atoms with Crippen molar-refractivity contribution in [3.8, 4) is 0 Å². The third-order valence-corrected chi connectivity index (χ3v) is 4.77. The normalized spacial score (nSPS) is 15.2. The van der Waals surface area contributed by atoms with Crippen LogP contribution in [0.3, 0.4) is 0 Å². The first-order chi connectivity index (χ1) is 13.4. The molecule has 8 nitrogen and oxygen atoms in total. The Kier molecular flexibility index (Phi) is 5.65. The molecule has 0 unspecified atom stereocenters. The lowest BCUT2D eigenvalue weighted by Gasteiger charge is -2.09. The number of carbonyl (C=O) groups is 4. The van der Waals surface area contributed by atoms with Crippen LogP contribution in [0.25, 0.3) is 6.08 Å². The first kappa shape index (κ1) is 19.4. The molecule has 1 fully saturated rings. The Labute approximate surface area is 164 Å². The topological polar surface area (TPSA) is 103 Å². The summed E-state index contributed by atoms with van der Waals surface area (Å²) in [7, 11) is 2.52. The van der Waals surface area contributed by atoms with Gasteiger partial charge < -0.3 is 13.9 Å². The number of rotatable bonds is 5. The maximum atomic E-state index is 12.6. The minimum Gasteiger partial charge on any atom is -0.465 e. The summed E-state index contributed by atoms with van der Waals surface area (Å²) in [6.07, 6.45) is 1.56. The molecule has 2 amide bonds. The second kappa shape index (κ2) is 8.13. The zero-order valence-electron chi connectivity index (χ0n) is 15.0. The molecule has 28 heavy (non-hydrogen) atoms.